The Bertz CT molecular complexity index is 1060. The fourth-order valence-electron chi connectivity index (χ4n) is 2.47. The van der Waals surface area contributed by atoms with Crippen molar-refractivity contribution >= 4 is 33.0 Å². The van der Waals surface area contributed by atoms with Crippen LogP contribution in [0, 0.1) is 5.82 Å². The monoisotopic (exact) mass is 390 g/mol. The zero-order chi connectivity index (χ0) is 18.9. The van der Waals surface area contributed by atoms with E-state index >= 15 is 0 Å². The average Bonchev–Trinajstić information content (AvgIpc) is 3.00. The maximum Gasteiger partial charge on any atom is 0.258 e. The Kier molecular flexibility index (Phi) is 4.80. The third kappa shape index (κ3) is 4.09. The van der Waals surface area contributed by atoms with E-state index in [0.29, 0.717) is 10.6 Å². The molecule has 0 spiro atoms. The minimum Gasteiger partial charge on any atom is -0.365 e. The average molecular weight is 390 g/mol. The van der Waals surface area contributed by atoms with Crippen LogP contribution >= 0.6 is 11.3 Å². The SMILES string of the molecule is CS(=O)(=O)Nc1ccc(-c2cc(C(N)=O)sc2-c2ccc(F)cc2)cc1. The summed E-state index contributed by atoms with van der Waals surface area (Å²) < 4.78 is 38.2. The van der Waals surface area contributed by atoms with Gasteiger partial charge >= 0.3 is 0 Å². The Hall–Kier alpha value is -2.71. The summed E-state index contributed by atoms with van der Waals surface area (Å²) in [5, 5.41) is 0. The largest absolute Gasteiger partial charge is 0.365 e. The van der Waals surface area contributed by atoms with Gasteiger partial charge in [-0.3, -0.25) is 9.52 Å². The van der Waals surface area contributed by atoms with Crippen LogP contribution < -0.4 is 10.5 Å². The third-order valence-electron chi connectivity index (χ3n) is 3.58. The summed E-state index contributed by atoms with van der Waals surface area (Å²) >= 11 is 1.23. The predicted molar refractivity (Wildman–Crippen MR) is 102 cm³/mol. The fourth-order valence-corrected chi connectivity index (χ4v) is 4.08. The molecular weight excluding hydrogens is 375 g/mol. The molecule has 1 amide bonds. The van der Waals surface area contributed by atoms with Crippen molar-refractivity contribution in [3.05, 3.63) is 65.3 Å². The van der Waals surface area contributed by atoms with Gasteiger partial charge in [-0.05, 0) is 41.5 Å². The minimum atomic E-state index is -3.36. The summed E-state index contributed by atoms with van der Waals surface area (Å²) in [6, 6.07) is 14.4. The highest BCUT2D eigenvalue weighted by Crippen LogP contribution is 2.39. The molecule has 0 radical (unpaired) electrons. The number of carbonyl (C=O) groups excluding carboxylic acids is 1. The standard InChI is InChI=1S/C18H15FN2O3S2/c1-26(23,24)21-14-8-4-11(5-9-14)15-10-16(18(20)22)25-17(15)12-2-6-13(19)7-3-12/h2-10,21H,1H3,(H2,20,22). The Labute approximate surface area is 154 Å². The second-order valence-corrected chi connectivity index (χ2v) is 8.48. The molecule has 3 aromatic rings. The number of rotatable bonds is 5. The highest BCUT2D eigenvalue weighted by molar-refractivity contribution is 7.92. The number of nitrogens with one attached hydrogen (secondary N) is 1. The number of hydrogen-bond acceptors (Lipinski definition) is 4. The lowest BCUT2D eigenvalue weighted by Gasteiger charge is -2.07. The number of halogens is 1. The second kappa shape index (κ2) is 6.89. The molecule has 134 valence electrons. The molecule has 1 heterocycles. The summed E-state index contributed by atoms with van der Waals surface area (Å²) in [6.45, 7) is 0. The molecule has 5 nitrogen and oxygen atoms in total. The van der Waals surface area contributed by atoms with Gasteiger partial charge in [-0.2, -0.15) is 0 Å². The first-order valence-corrected chi connectivity index (χ1v) is 10.2. The highest BCUT2D eigenvalue weighted by atomic mass is 32.2. The molecule has 0 unspecified atom stereocenters. The van der Waals surface area contributed by atoms with Gasteiger partial charge in [0.05, 0.1) is 11.1 Å². The van der Waals surface area contributed by atoms with Gasteiger partial charge in [0, 0.05) is 16.1 Å². The molecule has 0 bridgehead atoms. The van der Waals surface area contributed by atoms with Gasteiger partial charge in [0.1, 0.15) is 5.82 Å². The van der Waals surface area contributed by atoms with E-state index in [1.807, 2.05) is 0 Å². The van der Waals surface area contributed by atoms with E-state index in [2.05, 4.69) is 4.72 Å². The smallest absolute Gasteiger partial charge is 0.258 e. The number of primary amides is 1. The molecule has 0 aliphatic heterocycles. The lowest BCUT2D eigenvalue weighted by Crippen LogP contribution is -2.09. The molecule has 0 saturated carbocycles. The molecule has 0 fully saturated rings. The van der Waals surface area contributed by atoms with Crippen molar-refractivity contribution in [1.29, 1.82) is 0 Å². The van der Waals surface area contributed by atoms with E-state index in [1.165, 1.54) is 23.5 Å². The first-order valence-electron chi connectivity index (χ1n) is 7.51. The van der Waals surface area contributed by atoms with Crippen molar-refractivity contribution in [3.8, 4) is 21.6 Å². The zero-order valence-corrected chi connectivity index (χ0v) is 15.3. The van der Waals surface area contributed by atoms with Crippen LogP contribution in [-0.4, -0.2) is 20.6 Å². The second-order valence-electron chi connectivity index (χ2n) is 5.68. The van der Waals surface area contributed by atoms with E-state index in [4.69, 9.17) is 5.73 Å². The number of hydrogen-bond donors (Lipinski definition) is 2. The Morgan fingerprint density at radius 1 is 1.04 bits per heavy atom. The Balaban J connectivity index is 2.06. The number of benzene rings is 2. The first kappa shape index (κ1) is 18.1. The van der Waals surface area contributed by atoms with Gasteiger partial charge in [0.2, 0.25) is 10.0 Å². The van der Waals surface area contributed by atoms with Crippen LogP contribution in [0.1, 0.15) is 9.67 Å². The van der Waals surface area contributed by atoms with Crippen molar-refractivity contribution in [2.75, 3.05) is 11.0 Å². The summed E-state index contributed by atoms with van der Waals surface area (Å²) in [5.41, 5.74) is 8.15. The summed E-state index contributed by atoms with van der Waals surface area (Å²) in [5.74, 6) is -0.891. The molecule has 0 atom stereocenters. The van der Waals surface area contributed by atoms with E-state index < -0.39 is 15.9 Å². The van der Waals surface area contributed by atoms with Crippen molar-refractivity contribution in [3.63, 3.8) is 0 Å². The fraction of sp³-hybridized carbons (Fsp3) is 0.0556. The number of nitrogens with two attached hydrogens (primary N) is 1. The van der Waals surface area contributed by atoms with Gasteiger partial charge < -0.3 is 5.73 Å². The van der Waals surface area contributed by atoms with Crippen LogP contribution in [0.5, 0.6) is 0 Å². The van der Waals surface area contributed by atoms with Gasteiger partial charge in [0.15, 0.2) is 0 Å². The van der Waals surface area contributed by atoms with Crippen LogP contribution in [0.4, 0.5) is 10.1 Å². The Morgan fingerprint density at radius 3 is 2.15 bits per heavy atom. The number of amides is 1. The molecule has 0 saturated heterocycles. The van der Waals surface area contributed by atoms with Crippen LogP contribution in [-0.2, 0) is 10.0 Å². The van der Waals surface area contributed by atoms with Crippen molar-refractivity contribution in [2.45, 2.75) is 0 Å². The minimum absolute atomic E-state index is 0.349. The van der Waals surface area contributed by atoms with E-state index in [0.717, 1.165) is 27.8 Å². The lowest BCUT2D eigenvalue weighted by atomic mass is 10.0. The molecule has 0 aliphatic rings. The van der Waals surface area contributed by atoms with Crippen LogP contribution in [0.2, 0.25) is 0 Å². The molecule has 3 rings (SSSR count). The van der Waals surface area contributed by atoms with Gasteiger partial charge in [-0.1, -0.05) is 24.3 Å². The first-order chi connectivity index (χ1) is 12.2. The third-order valence-corrected chi connectivity index (χ3v) is 5.39. The molecule has 3 N–H and O–H groups in total. The molecule has 2 aromatic carbocycles. The number of carbonyl (C=O) groups is 1. The maximum absolute atomic E-state index is 13.2. The molecule has 26 heavy (non-hydrogen) atoms. The molecular formula is C18H15FN2O3S2. The van der Waals surface area contributed by atoms with Gasteiger partial charge in [-0.25, -0.2) is 12.8 Å². The van der Waals surface area contributed by atoms with Crippen molar-refractivity contribution in [1.82, 2.24) is 0 Å². The zero-order valence-electron chi connectivity index (χ0n) is 13.7. The molecule has 8 heteroatoms. The van der Waals surface area contributed by atoms with Crippen molar-refractivity contribution in [2.24, 2.45) is 5.73 Å². The maximum atomic E-state index is 13.2. The number of thiophene rings is 1. The number of anilines is 1. The lowest BCUT2D eigenvalue weighted by molar-refractivity contribution is 0.100. The Morgan fingerprint density at radius 2 is 1.62 bits per heavy atom. The normalized spacial score (nSPS) is 11.3. The van der Waals surface area contributed by atoms with Crippen molar-refractivity contribution < 1.29 is 17.6 Å². The molecule has 0 aliphatic carbocycles. The summed E-state index contributed by atoms with van der Waals surface area (Å²) in [7, 11) is -3.36. The van der Waals surface area contributed by atoms with E-state index in [1.54, 1.807) is 42.5 Å². The van der Waals surface area contributed by atoms with Gasteiger partial charge in [0.25, 0.3) is 5.91 Å². The quantitative estimate of drug-likeness (QED) is 0.696. The summed E-state index contributed by atoms with van der Waals surface area (Å²) in [4.78, 5) is 12.8. The number of sulfonamides is 1. The van der Waals surface area contributed by atoms with Crippen LogP contribution in [0.3, 0.4) is 0 Å². The van der Waals surface area contributed by atoms with E-state index in [-0.39, 0.29) is 5.82 Å². The predicted octanol–water partition coefficient (Wildman–Crippen LogP) is 3.69. The highest BCUT2D eigenvalue weighted by Gasteiger charge is 2.16. The topological polar surface area (TPSA) is 89.3 Å². The van der Waals surface area contributed by atoms with Gasteiger partial charge in [-0.15, -0.1) is 11.3 Å². The van der Waals surface area contributed by atoms with Crippen LogP contribution in [0.15, 0.2) is 54.6 Å². The molecule has 1 aromatic heterocycles. The van der Waals surface area contributed by atoms with Crippen LogP contribution in [0.25, 0.3) is 21.6 Å². The summed E-state index contributed by atoms with van der Waals surface area (Å²) in [6.07, 6.45) is 1.07. The van der Waals surface area contributed by atoms with E-state index in [9.17, 15) is 17.6 Å².